The smallest absolute Gasteiger partial charge is 0.231 e. The van der Waals surface area contributed by atoms with Crippen LogP contribution in [0.4, 0.5) is 4.39 Å². The minimum absolute atomic E-state index is 0.163. The van der Waals surface area contributed by atoms with Crippen molar-refractivity contribution in [2.75, 3.05) is 0 Å². The predicted octanol–water partition coefficient (Wildman–Crippen LogP) is 6.47. The second kappa shape index (κ2) is 7.84. The van der Waals surface area contributed by atoms with Gasteiger partial charge in [0.25, 0.3) is 0 Å². The lowest BCUT2D eigenvalue weighted by molar-refractivity contribution is 0.101. The van der Waals surface area contributed by atoms with Crippen LogP contribution >= 0.6 is 11.6 Å². The number of ether oxygens (including phenoxy) is 2. The first-order valence-electron chi connectivity index (χ1n) is 10.1. The maximum atomic E-state index is 13.3. The highest BCUT2D eigenvalue weighted by molar-refractivity contribution is 6.31. The number of para-hydroxylation sites is 1. The zero-order valence-electron chi connectivity index (χ0n) is 17.5. The summed E-state index contributed by atoms with van der Waals surface area (Å²) in [5, 5.41) is 1.35. The van der Waals surface area contributed by atoms with Crippen LogP contribution in [0, 0.1) is 12.7 Å². The summed E-state index contributed by atoms with van der Waals surface area (Å²) in [6.07, 6.45) is 3.76. The van der Waals surface area contributed by atoms with Crippen molar-refractivity contribution in [1.82, 2.24) is 4.57 Å². The summed E-state index contributed by atoms with van der Waals surface area (Å²) in [6, 6.07) is 15.6. The van der Waals surface area contributed by atoms with E-state index in [2.05, 4.69) is 0 Å². The third-order valence-electron chi connectivity index (χ3n) is 5.65. The number of ketones is 1. The van der Waals surface area contributed by atoms with Crippen LogP contribution in [0.3, 0.4) is 0 Å². The van der Waals surface area contributed by atoms with Crippen LogP contribution in [0.25, 0.3) is 17.0 Å². The van der Waals surface area contributed by atoms with Gasteiger partial charge in [0.2, 0.25) is 5.78 Å². The largest absolute Gasteiger partial charge is 0.488 e. The molecule has 0 bridgehead atoms. The van der Waals surface area contributed by atoms with Crippen LogP contribution in [-0.4, -0.2) is 10.4 Å². The van der Waals surface area contributed by atoms with Gasteiger partial charge in [-0.05, 0) is 43.3 Å². The molecule has 160 valence electrons. The number of halogens is 2. The van der Waals surface area contributed by atoms with Gasteiger partial charge in [-0.3, -0.25) is 4.79 Å². The molecular weight excluding hydrogens is 429 g/mol. The monoisotopic (exact) mass is 447 g/mol. The molecule has 1 aliphatic rings. The summed E-state index contributed by atoms with van der Waals surface area (Å²) >= 11 is 6.09. The molecule has 4 nitrogen and oxygen atoms in total. The van der Waals surface area contributed by atoms with Gasteiger partial charge in [-0.25, -0.2) is 4.39 Å². The lowest BCUT2D eigenvalue weighted by Crippen LogP contribution is -1.99. The molecule has 0 atom stereocenters. The third-order valence-corrected chi connectivity index (χ3v) is 6.00. The minimum atomic E-state index is -0.398. The van der Waals surface area contributed by atoms with Crippen LogP contribution in [0.2, 0.25) is 5.02 Å². The van der Waals surface area contributed by atoms with Gasteiger partial charge in [0.1, 0.15) is 23.9 Å². The van der Waals surface area contributed by atoms with E-state index in [4.69, 9.17) is 21.1 Å². The molecule has 0 saturated carbocycles. The van der Waals surface area contributed by atoms with E-state index in [0.29, 0.717) is 27.6 Å². The van der Waals surface area contributed by atoms with Gasteiger partial charge >= 0.3 is 0 Å². The molecule has 1 aliphatic heterocycles. The van der Waals surface area contributed by atoms with Crippen LogP contribution in [0.5, 0.6) is 11.5 Å². The summed E-state index contributed by atoms with van der Waals surface area (Å²) in [5.74, 6) is 0.778. The highest BCUT2D eigenvalue weighted by Crippen LogP contribution is 2.40. The quantitative estimate of drug-likeness (QED) is 0.336. The van der Waals surface area contributed by atoms with E-state index in [9.17, 15) is 9.18 Å². The molecule has 0 N–H and O–H groups in total. The second-order valence-electron chi connectivity index (χ2n) is 7.74. The molecule has 0 saturated heterocycles. The van der Waals surface area contributed by atoms with Crippen molar-refractivity contribution in [3.05, 3.63) is 99.6 Å². The number of fused-ring (bicyclic) bond motifs is 2. The van der Waals surface area contributed by atoms with E-state index >= 15 is 0 Å². The first-order valence-corrected chi connectivity index (χ1v) is 10.5. The Labute approximate surface area is 189 Å². The number of aromatic nitrogens is 1. The molecule has 6 heteroatoms. The van der Waals surface area contributed by atoms with Gasteiger partial charge in [-0.2, -0.15) is 0 Å². The fraction of sp³-hybridized carbons (Fsp3) is 0.115. The average Bonchev–Trinajstić information content (AvgIpc) is 3.27. The lowest BCUT2D eigenvalue weighted by Gasteiger charge is -2.12. The Morgan fingerprint density at radius 1 is 1.16 bits per heavy atom. The number of carbonyl (C=O) groups is 1. The number of aryl methyl sites for hydroxylation is 1. The molecule has 0 aliphatic carbocycles. The van der Waals surface area contributed by atoms with Gasteiger partial charge in [0.15, 0.2) is 5.76 Å². The summed E-state index contributed by atoms with van der Waals surface area (Å²) in [4.78, 5) is 13.0. The van der Waals surface area contributed by atoms with Crippen LogP contribution in [-0.2, 0) is 13.7 Å². The summed E-state index contributed by atoms with van der Waals surface area (Å²) in [5.41, 5.74) is 3.88. The topological polar surface area (TPSA) is 40.5 Å². The van der Waals surface area contributed by atoms with Crippen LogP contribution in [0.1, 0.15) is 27.0 Å². The van der Waals surface area contributed by atoms with Crippen molar-refractivity contribution in [3.8, 4) is 11.5 Å². The van der Waals surface area contributed by atoms with E-state index in [1.807, 2.05) is 49.0 Å². The molecule has 5 rings (SSSR count). The minimum Gasteiger partial charge on any atom is -0.488 e. The van der Waals surface area contributed by atoms with Crippen molar-refractivity contribution in [1.29, 1.82) is 0 Å². The number of allylic oxidation sites excluding steroid dienone is 1. The summed E-state index contributed by atoms with van der Waals surface area (Å²) < 4.78 is 27.2. The molecule has 0 spiro atoms. The van der Waals surface area contributed by atoms with Gasteiger partial charge in [0.05, 0.1) is 10.6 Å². The van der Waals surface area contributed by atoms with E-state index in [-0.39, 0.29) is 18.1 Å². The fourth-order valence-corrected chi connectivity index (χ4v) is 4.17. The highest BCUT2D eigenvalue weighted by atomic mass is 35.5. The molecule has 0 fully saturated rings. The zero-order chi connectivity index (χ0) is 22.4. The normalized spacial score (nSPS) is 14.1. The SMILES string of the molecule is Cc1c(OCc2ccc(F)cc2Cl)ccc2c1O/C(=C\c1cn(C)c3ccccc13)C2=O. The standard InChI is InChI=1S/C26H19ClFNO3/c1-15-23(31-14-16-7-8-18(28)12-21(16)27)10-9-20-25(30)24(32-26(15)20)11-17-13-29(2)22-6-4-3-5-19(17)22/h3-13H,14H2,1-2H3/b24-11-. The van der Waals surface area contributed by atoms with Gasteiger partial charge in [0, 0.05) is 40.8 Å². The third kappa shape index (κ3) is 3.45. The Hall–Kier alpha value is -3.57. The Morgan fingerprint density at radius 3 is 2.78 bits per heavy atom. The molecular formula is C26H19ClFNO3. The molecule has 1 aromatic heterocycles. The Morgan fingerprint density at radius 2 is 1.97 bits per heavy atom. The Kier molecular flexibility index (Phi) is 4.98. The van der Waals surface area contributed by atoms with E-state index < -0.39 is 5.82 Å². The molecule has 0 amide bonds. The highest BCUT2D eigenvalue weighted by Gasteiger charge is 2.30. The van der Waals surface area contributed by atoms with Crippen molar-refractivity contribution >= 4 is 34.4 Å². The number of nitrogens with zero attached hydrogens (tertiary/aromatic N) is 1. The van der Waals surface area contributed by atoms with E-state index in [0.717, 1.165) is 22.0 Å². The Bertz CT molecular complexity index is 1420. The van der Waals surface area contributed by atoms with Crippen molar-refractivity contribution in [2.24, 2.45) is 7.05 Å². The number of benzene rings is 3. The van der Waals surface area contributed by atoms with Crippen LogP contribution in [0.15, 0.2) is 66.6 Å². The number of rotatable bonds is 4. The summed E-state index contributed by atoms with van der Waals surface area (Å²) in [7, 11) is 1.97. The molecule has 0 unspecified atom stereocenters. The maximum absolute atomic E-state index is 13.3. The first kappa shape index (κ1) is 20.3. The summed E-state index contributed by atoms with van der Waals surface area (Å²) in [6.45, 7) is 2.01. The number of hydrogen-bond donors (Lipinski definition) is 0. The number of Topliss-reactive ketones (excluding diaryl/α,β-unsaturated/α-hetero) is 1. The van der Waals surface area contributed by atoms with E-state index in [1.165, 1.54) is 12.1 Å². The first-order chi connectivity index (χ1) is 15.4. The molecule has 0 radical (unpaired) electrons. The van der Waals surface area contributed by atoms with Crippen molar-refractivity contribution in [2.45, 2.75) is 13.5 Å². The number of hydrogen-bond acceptors (Lipinski definition) is 3. The van der Waals surface area contributed by atoms with Crippen LogP contribution < -0.4 is 9.47 Å². The van der Waals surface area contributed by atoms with Crippen molar-refractivity contribution in [3.63, 3.8) is 0 Å². The van der Waals surface area contributed by atoms with E-state index in [1.54, 1.807) is 24.3 Å². The zero-order valence-corrected chi connectivity index (χ0v) is 18.2. The predicted molar refractivity (Wildman–Crippen MR) is 123 cm³/mol. The number of carbonyl (C=O) groups excluding carboxylic acids is 1. The molecule has 32 heavy (non-hydrogen) atoms. The van der Waals surface area contributed by atoms with Crippen molar-refractivity contribution < 1.29 is 18.7 Å². The van der Waals surface area contributed by atoms with Gasteiger partial charge in [-0.1, -0.05) is 35.9 Å². The molecule has 4 aromatic rings. The lowest BCUT2D eigenvalue weighted by atomic mass is 10.1. The molecule has 3 aromatic carbocycles. The van der Waals surface area contributed by atoms with Gasteiger partial charge in [-0.15, -0.1) is 0 Å². The van der Waals surface area contributed by atoms with Gasteiger partial charge < -0.3 is 14.0 Å². The second-order valence-corrected chi connectivity index (χ2v) is 8.15. The fourth-order valence-electron chi connectivity index (χ4n) is 3.95. The maximum Gasteiger partial charge on any atom is 0.231 e. The Balaban J connectivity index is 1.43. The average molecular weight is 448 g/mol. The molecule has 2 heterocycles.